The minimum Gasteiger partial charge on any atom is -0.478 e. The van der Waals surface area contributed by atoms with Gasteiger partial charge in [0.15, 0.2) is 0 Å². The molecule has 0 aromatic heterocycles. The van der Waals surface area contributed by atoms with Crippen LogP contribution in [0, 0.1) is 0 Å². The molecule has 0 aliphatic rings. The van der Waals surface area contributed by atoms with Gasteiger partial charge in [0, 0.05) is 25.9 Å². The number of methoxy groups -OCH3 is 1. The lowest BCUT2D eigenvalue weighted by atomic mass is 10.1. The van der Waals surface area contributed by atoms with Crippen molar-refractivity contribution in [2.45, 2.75) is 12.8 Å². The van der Waals surface area contributed by atoms with E-state index in [-0.39, 0.29) is 5.56 Å². The second kappa shape index (κ2) is 9.17. The van der Waals surface area contributed by atoms with Crippen LogP contribution in [0.4, 0.5) is 11.4 Å². The van der Waals surface area contributed by atoms with Crippen LogP contribution in [0.3, 0.4) is 0 Å². The van der Waals surface area contributed by atoms with E-state index in [4.69, 9.17) is 20.3 Å². The smallest absolute Gasteiger partial charge is 0.337 e. The van der Waals surface area contributed by atoms with Crippen molar-refractivity contribution in [3.8, 4) is 0 Å². The average Bonchev–Trinajstić information content (AvgIpc) is 2.41. The maximum absolute atomic E-state index is 11.1. The van der Waals surface area contributed by atoms with Crippen molar-refractivity contribution < 1.29 is 19.4 Å². The summed E-state index contributed by atoms with van der Waals surface area (Å²) in [6.45, 7) is 2.55. The van der Waals surface area contributed by atoms with Crippen LogP contribution in [0.1, 0.15) is 23.2 Å². The van der Waals surface area contributed by atoms with E-state index in [2.05, 4.69) is 5.32 Å². The van der Waals surface area contributed by atoms with E-state index in [1.165, 1.54) is 6.07 Å². The summed E-state index contributed by atoms with van der Waals surface area (Å²) in [6, 6.07) is 4.73. The third kappa shape index (κ3) is 5.90. The Morgan fingerprint density at radius 1 is 1.30 bits per heavy atom. The second-order valence-electron chi connectivity index (χ2n) is 4.35. The van der Waals surface area contributed by atoms with Crippen LogP contribution in [0.2, 0.25) is 0 Å². The van der Waals surface area contributed by atoms with E-state index in [1.807, 2.05) is 0 Å². The molecule has 0 bridgehead atoms. The average molecular weight is 282 g/mol. The first kappa shape index (κ1) is 16.3. The van der Waals surface area contributed by atoms with Crippen molar-refractivity contribution in [1.82, 2.24) is 0 Å². The van der Waals surface area contributed by atoms with Crippen LogP contribution >= 0.6 is 0 Å². The van der Waals surface area contributed by atoms with Crippen LogP contribution in [-0.4, -0.2) is 44.6 Å². The SMILES string of the molecule is COCCOCCCCNc1cc(N)ccc1C(=O)O. The molecule has 0 heterocycles. The van der Waals surface area contributed by atoms with Gasteiger partial charge in [-0.25, -0.2) is 4.79 Å². The standard InChI is InChI=1S/C14H22N2O4/c1-19-8-9-20-7-3-2-6-16-13-10-11(15)4-5-12(13)14(17)18/h4-5,10,16H,2-3,6-9,15H2,1H3,(H,17,18). The topological polar surface area (TPSA) is 93.8 Å². The first-order valence-corrected chi connectivity index (χ1v) is 6.58. The number of carbonyl (C=O) groups is 1. The molecule has 0 radical (unpaired) electrons. The van der Waals surface area contributed by atoms with Gasteiger partial charge in [0.25, 0.3) is 0 Å². The summed E-state index contributed by atoms with van der Waals surface area (Å²) >= 11 is 0. The first-order valence-electron chi connectivity index (χ1n) is 6.58. The van der Waals surface area contributed by atoms with E-state index in [0.717, 1.165) is 12.8 Å². The highest BCUT2D eigenvalue weighted by atomic mass is 16.5. The van der Waals surface area contributed by atoms with Gasteiger partial charge in [-0.2, -0.15) is 0 Å². The maximum atomic E-state index is 11.1. The predicted molar refractivity (Wildman–Crippen MR) is 78.2 cm³/mol. The van der Waals surface area contributed by atoms with Crippen LogP contribution in [-0.2, 0) is 9.47 Å². The van der Waals surface area contributed by atoms with E-state index in [9.17, 15) is 4.79 Å². The summed E-state index contributed by atoms with van der Waals surface area (Å²) in [4.78, 5) is 11.1. The molecule has 1 rings (SSSR count). The third-order valence-electron chi connectivity index (χ3n) is 2.74. The van der Waals surface area contributed by atoms with E-state index in [0.29, 0.717) is 37.7 Å². The number of hydrogen-bond donors (Lipinski definition) is 3. The first-order chi connectivity index (χ1) is 9.65. The molecule has 0 aliphatic heterocycles. The molecule has 0 amide bonds. The highest BCUT2D eigenvalue weighted by Gasteiger charge is 2.09. The van der Waals surface area contributed by atoms with Crippen molar-refractivity contribution in [2.75, 3.05) is 44.5 Å². The molecule has 1 aromatic rings. The third-order valence-corrected chi connectivity index (χ3v) is 2.74. The zero-order chi connectivity index (χ0) is 14.8. The van der Waals surface area contributed by atoms with Gasteiger partial charge >= 0.3 is 5.97 Å². The highest BCUT2D eigenvalue weighted by molar-refractivity contribution is 5.95. The highest BCUT2D eigenvalue weighted by Crippen LogP contribution is 2.19. The fourth-order valence-corrected chi connectivity index (χ4v) is 1.69. The molecule has 4 N–H and O–H groups in total. The van der Waals surface area contributed by atoms with Gasteiger partial charge < -0.3 is 25.6 Å². The monoisotopic (exact) mass is 282 g/mol. The number of nitrogens with two attached hydrogens (primary N) is 1. The quantitative estimate of drug-likeness (QED) is 0.448. The number of anilines is 2. The van der Waals surface area contributed by atoms with Crippen molar-refractivity contribution >= 4 is 17.3 Å². The molecule has 6 nitrogen and oxygen atoms in total. The number of nitrogens with one attached hydrogen (secondary N) is 1. The van der Waals surface area contributed by atoms with Crippen LogP contribution < -0.4 is 11.1 Å². The number of rotatable bonds is 10. The Hall–Kier alpha value is -1.79. The predicted octanol–water partition coefficient (Wildman–Crippen LogP) is 1.82. The summed E-state index contributed by atoms with van der Waals surface area (Å²) in [5, 5.41) is 12.2. The molecule has 20 heavy (non-hydrogen) atoms. The molecule has 0 spiro atoms. The van der Waals surface area contributed by atoms with Gasteiger partial charge in [-0.1, -0.05) is 0 Å². The fraction of sp³-hybridized carbons (Fsp3) is 0.500. The van der Waals surface area contributed by atoms with Crippen LogP contribution in [0.5, 0.6) is 0 Å². The Kier molecular flexibility index (Phi) is 7.46. The van der Waals surface area contributed by atoms with Gasteiger partial charge in [-0.15, -0.1) is 0 Å². The zero-order valence-electron chi connectivity index (χ0n) is 11.7. The van der Waals surface area contributed by atoms with Crippen molar-refractivity contribution in [3.05, 3.63) is 23.8 Å². The number of benzene rings is 1. The maximum Gasteiger partial charge on any atom is 0.337 e. The number of aromatic carboxylic acids is 1. The summed E-state index contributed by atoms with van der Waals surface area (Å²) < 4.78 is 10.2. The summed E-state index contributed by atoms with van der Waals surface area (Å²) in [6.07, 6.45) is 1.79. The minimum absolute atomic E-state index is 0.232. The van der Waals surface area contributed by atoms with Gasteiger partial charge in [-0.05, 0) is 31.0 Å². The molecule has 0 unspecified atom stereocenters. The number of unbranched alkanes of at least 4 members (excludes halogenated alkanes) is 1. The zero-order valence-corrected chi connectivity index (χ0v) is 11.7. The van der Waals surface area contributed by atoms with Gasteiger partial charge in [0.1, 0.15) is 0 Å². The molecule has 0 atom stereocenters. The molecular weight excluding hydrogens is 260 g/mol. The van der Waals surface area contributed by atoms with Crippen LogP contribution in [0.15, 0.2) is 18.2 Å². The second-order valence-corrected chi connectivity index (χ2v) is 4.35. The van der Waals surface area contributed by atoms with Crippen LogP contribution in [0.25, 0.3) is 0 Å². The summed E-state index contributed by atoms with van der Waals surface area (Å²) in [5.41, 5.74) is 6.99. The molecule has 0 aliphatic carbocycles. The molecule has 0 saturated heterocycles. The molecule has 6 heteroatoms. The van der Waals surface area contributed by atoms with Gasteiger partial charge in [0.05, 0.1) is 24.5 Å². The number of carboxylic acids is 1. The Labute approximate surface area is 118 Å². The Morgan fingerprint density at radius 2 is 2.10 bits per heavy atom. The molecular formula is C14H22N2O4. The molecule has 0 saturated carbocycles. The number of hydrogen-bond acceptors (Lipinski definition) is 5. The summed E-state index contributed by atoms with van der Waals surface area (Å²) in [5.74, 6) is -0.963. The van der Waals surface area contributed by atoms with Crippen molar-refractivity contribution in [3.63, 3.8) is 0 Å². The molecule has 112 valence electrons. The Morgan fingerprint density at radius 3 is 2.80 bits per heavy atom. The normalized spacial score (nSPS) is 10.4. The number of nitrogen functional groups attached to an aromatic ring is 1. The van der Waals surface area contributed by atoms with E-state index < -0.39 is 5.97 Å². The lowest BCUT2D eigenvalue weighted by Gasteiger charge is -2.10. The molecule has 1 aromatic carbocycles. The Balaban J connectivity index is 2.28. The lowest BCUT2D eigenvalue weighted by molar-refractivity contribution is 0.0690. The lowest BCUT2D eigenvalue weighted by Crippen LogP contribution is -2.09. The minimum atomic E-state index is -0.963. The fourth-order valence-electron chi connectivity index (χ4n) is 1.69. The number of ether oxygens (including phenoxy) is 2. The van der Waals surface area contributed by atoms with E-state index >= 15 is 0 Å². The Bertz CT molecular complexity index is 424. The van der Waals surface area contributed by atoms with Gasteiger partial charge in [0.2, 0.25) is 0 Å². The van der Waals surface area contributed by atoms with Gasteiger partial charge in [-0.3, -0.25) is 0 Å². The van der Waals surface area contributed by atoms with Crippen molar-refractivity contribution in [1.29, 1.82) is 0 Å². The number of carboxylic acid groups (broad SMARTS) is 1. The molecule has 0 fully saturated rings. The largest absolute Gasteiger partial charge is 0.478 e. The van der Waals surface area contributed by atoms with Crippen molar-refractivity contribution in [2.24, 2.45) is 0 Å². The summed E-state index contributed by atoms with van der Waals surface area (Å²) in [7, 11) is 1.64. The van der Waals surface area contributed by atoms with E-state index in [1.54, 1.807) is 19.2 Å².